The summed E-state index contributed by atoms with van der Waals surface area (Å²) >= 11 is 0. The van der Waals surface area contributed by atoms with Crippen LogP contribution in [0.15, 0.2) is 54.6 Å². The van der Waals surface area contributed by atoms with Gasteiger partial charge in [-0.25, -0.2) is 4.79 Å². The van der Waals surface area contributed by atoms with Crippen LogP contribution in [-0.4, -0.2) is 64.3 Å². The van der Waals surface area contributed by atoms with Gasteiger partial charge in [0.05, 0.1) is 6.42 Å². The van der Waals surface area contributed by atoms with Crippen LogP contribution in [0.3, 0.4) is 0 Å². The molecule has 0 saturated carbocycles. The van der Waals surface area contributed by atoms with E-state index in [1.165, 1.54) is 0 Å². The number of rotatable bonds is 15. The molecule has 14 heteroatoms. The number of aryl methyl sites for hydroxylation is 1. The second-order valence-corrected chi connectivity index (χ2v) is 13.2. The second kappa shape index (κ2) is 16.3. The van der Waals surface area contributed by atoms with Gasteiger partial charge >= 0.3 is 6.09 Å². The van der Waals surface area contributed by atoms with Crippen LogP contribution in [0.4, 0.5) is 4.79 Å². The van der Waals surface area contributed by atoms with E-state index in [1.54, 1.807) is 32.9 Å². The summed E-state index contributed by atoms with van der Waals surface area (Å²) in [5.74, 6) is -5.36. The molecule has 50 heavy (non-hydrogen) atoms. The number of para-hydroxylation sites is 1. The Labute approximate surface area is 292 Å². The first-order valence-corrected chi connectivity index (χ1v) is 16.8. The molecule has 1 aliphatic rings. The molecule has 0 spiro atoms. The van der Waals surface area contributed by atoms with Gasteiger partial charge in [0, 0.05) is 23.0 Å². The molecule has 0 saturated heterocycles. The summed E-state index contributed by atoms with van der Waals surface area (Å²) in [5.41, 5.74) is 12.1. The number of H-pyrrole nitrogens is 1. The predicted octanol–water partition coefficient (Wildman–Crippen LogP) is 1.84. The Hall–Kier alpha value is -5.40. The number of aromatic nitrogens is 1. The zero-order chi connectivity index (χ0) is 37.5. The minimum absolute atomic E-state index is 0.0179. The second-order valence-electron chi connectivity index (χ2n) is 13.2. The number of ether oxygens (including phenoxy) is 1. The lowest BCUT2D eigenvalue weighted by atomic mass is 9.78. The Morgan fingerprint density at radius 3 is 2.26 bits per heavy atom. The number of fused-ring (bicyclic) bond motifs is 3. The molecule has 4 rings (SSSR count). The van der Waals surface area contributed by atoms with Gasteiger partial charge in [-0.15, -0.1) is 0 Å². The molecular formula is C36H47N7O7. The number of hydrogen-bond donors (Lipinski definition) is 7. The van der Waals surface area contributed by atoms with E-state index in [0.717, 1.165) is 27.7 Å². The van der Waals surface area contributed by atoms with E-state index in [1.807, 2.05) is 49.4 Å². The molecule has 6 amide bonds. The molecule has 9 N–H and O–H groups in total. The first kappa shape index (κ1) is 35.9. The first-order chi connectivity index (χ1) is 24.2. The van der Waals surface area contributed by atoms with Crippen LogP contribution in [0.1, 0.15) is 63.8 Å². The number of nitrogens with one attached hydrogen (secondary N) is 5. The van der Waals surface area contributed by atoms with Crippen molar-refractivity contribution >= 4 is 46.5 Å². The number of carbonyl (C=O) groups excluding carboxylic acids is 6. The zero-order valence-corrected chi connectivity index (χ0v) is 28.8. The Balaban J connectivity index is 1.67. The van der Waals surface area contributed by atoms with Crippen molar-refractivity contribution in [1.29, 1.82) is 0 Å². The van der Waals surface area contributed by atoms with Gasteiger partial charge in [-0.05, 0) is 41.9 Å². The fourth-order valence-corrected chi connectivity index (χ4v) is 6.09. The topological polar surface area (TPSA) is 228 Å². The lowest BCUT2D eigenvalue weighted by Crippen LogP contribution is -2.67. The molecule has 1 heterocycles. The highest BCUT2D eigenvalue weighted by molar-refractivity contribution is 5.99. The lowest BCUT2D eigenvalue weighted by Gasteiger charge is -2.39. The molecule has 2 aromatic carbocycles. The number of benzene rings is 2. The molecule has 0 fully saturated rings. The Morgan fingerprint density at radius 2 is 1.62 bits per heavy atom. The van der Waals surface area contributed by atoms with Gasteiger partial charge in [0.25, 0.3) is 0 Å². The van der Waals surface area contributed by atoms with Crippen molar-refractivity contribution in [3.8, 4) is 0 Å². The quantitative estimate of drug-likeness (QED) is 0.125. The molecule has 14 nitrogen and oxygen atoms in total. The summed E-state index contributed by atoms with van der Waals surface area (Å²) in [4.78, 5) is 82.3. The van der Waals surface area contributed by atoms with Crippen molar-refractivity contribution in [3.63, 3.8) is 0 Å². The molecule has 268 valence electrons. The van der Waals surface area contributed by atoms with E-state index in [-0.39, 0.29) is 25.4 Å². The summed E-state index contributed by atoms with van der Waals surface area (Å²) in [5, 5.41) is 9.30. The highest BCUT2D eigenvalue weighted by Gasteiger charge is 2.47. The predicted molar refractivity (Wildman–Crippen MR) is 186 cm³/mol. The van der Waals surface area contributed by atoms with Crippen molar-refractivity contribution in [1.82, 2.24) is 26.2 Å². The average molecular weight is 691 g/mol. The van der Waals surface area contributed by atoms with Crippen molar-refractivity contribution in [2.24, 2.45) is 23.3 Å². The van der Waals surface area contributed by atoms with Gasteiger partial charge in [0.15, 0.2) is 1.41 Å². The minimum atomic E-state index is -1.72. The van der Waals surface area contributed by atoms with Crippen LogP contribution < -0.4 is 32.7 Å². The maximum atomic E-state index is 14.7. The molecular weight excluding hydrogens is 642 g/mol. The molecule has 0 radical (unpaired) electrons. The van der Waals surface area contributed by atoms with Gasteiger partial charge < -0.3 is 42.4 Å². The summed E-state index contributed by atoms with van der Waals surface area (Å²) in [6, 6.07) is 12.6. The third kappa shape index (κ3) is 8.98. The molecule has 0 aliphatic heterocycles. The van der Waals surface area contributed by atoms with Gasteiger partial charge in [-0.2, -0.15) is 0 Å². The fourth-order valence-electron chi connectivity index (χ4n) is 6.09. The smallest absolute Gasteiger partial charge is 0.408 e. The van der Waals surface area contributed by atoms with Crippen LogP contribution in [0.2, 0.25) is 1.41 Å². The Morgan fingerprint density at radius 1 is 0.940 bits per heavy atom. The first-order valence-electron chi connectivity index (χ1n) is 17.2. The standard InChI is InChI=1S/C36H47N7O7/c1-5-21(4)30(42-35(49)50-19-22-11-7-6-8-12-22)33(47)43-36(16-15-26-24(18-36)23-13-9-10-14-25(23)39-26)34(48)41-29(20(2)3)32(46)40-27(31(38)45)17-28(37)44/h6-14,20-21,27,29-30,39H,5,15-19H2,1-4H3,(H2,37,44)(H2,38,45)(H,40,46)(H,41,48)(H,42,49)(H,43,47)/t21-,27-,29-,30-,36-/m0/s1/i/hD. The van der Waals surface area contributed by atoms with Gasteiger partial charge in [-0.1, -0.05) is 82.6 Å². The molecule has 0 bridgehead atoms. The number of carbonyl (C=O) groups is 6. The summed E-state index contributed by atoms with van der Waals surface area (Å²) in [6.07, 6.45) is -0.519. The highest BCUT2D eigenvalue weighted by Crippen LogP contribution is 2.35. The van der Waals surface area contributed by atoms with E-state index >= 15 is 0 Å². The van der Waals surface area contributed by atoms with Crippen LogP contribution in [-0.2, 0) is 48.2 Å². The third-order valence-electron chi connectivity index (χ3n) is 9.16. The third-order valence-corrected chi connectivity index (χ3v) is 9.16. The summed E-state index contributed by atoms with van der Waals surface area (Å²) in [6.45, 7) is 6.85. The van der Waals surface area contributed by atoms with Crippen molar-refractivity contribution in [3.05, 3.63) is 71.4 Å². The van der Waals surface area contributed by atoms with E-state index in [9.17, 15) is 28.8 Å². The van der Waals surface area contributed by atoms with E-state index < -0.39 is 71.6 Å². The highest BCUT2D eigenvalue weighted by atomic mass is 16.5. The van der Waals surface area contributed by atoms with Gasteiger partial charge in [0.2, 0.25) is 29.5 Å². The summed E-state index contributed by atoms with van der Waals surface area (Å²) < 4.78 is 14.4. The van der Waals surface area contributed by atoms with Crippen LogP contribution in [0.25, 0.3) is 10.9 Å². The van der Waals surface area contributed by atoms with E-state index in [4.69, 9.17) is 17.6 Å². The van der Waals surface area contributed by atoms with Crippen LogP contribution in [0, 0.1) is 11.8 Å². The largest absolute Gasteiger partial charge is 0.445 e. The van der Waals surface area contributed by atoms with Crippen LogP contribution in [0.5, 0.6) is 0 Å². The number of hydrogen-bond acceptors (Lipinski definition) is 7. The van der Waals surface area contributed by atoms with Crippen molar-refractivity contribution in [2.75, 3.05) is 0 Å². The molecule has 1 aliphatic carbocycles. The summed E-state index contributed by atoms with van der Waals surface area (Å²) in [7, 11) is 0. The maximum absolute atomic E-state index is 14.7. The number of amides is 6. The lowest BCUT2D eigenvalue weighted by molar-refractivity contribution is -0.138. The Bertz CT molecular complexity index is 1760. The average Bonchev–Trinajstić information content (AvgIpc) is 3.46. The number of nitrogens with two attached hydrogens (primary N) is 2. The number of alkyl carbamates (subject to hydrolysis) is 1. The van der Waals surface area contributed by atoms with E-state index in [2.05, 4.69) is 20.9 Å². The molecule has 1 aromatic heterocycles. The van der Waals surface area contributed by atoms with Crippen LogP contribution >= 0.6 is 0 Å². The van der Waals surface area contributed by atoms with Gasteiger partial charge in [0.1, 0.15) is 30.3 Å². The van der Waals surface area contributed by atoms with Gasteiger partial charge in [-0.3, -0.25) is 24.0 Å². The van der Waals surface area contributed by atoms with Crippen molar-refractivity contribution in [2.45, 2.75) is 90.1 Å². The monoisotopic (exact) mass is 690 g/mol. The zero-order valence-electron chi connectivity index (χ0n) is 29.8. The fraction of sp³-hybridized carbons (Fsp3) is 0.444. The van der Waals surface area contributed by atoms with E-state index in [0.29, 0.717) is 18.2 Å². The number of primary amides is 2. The normalized spacial score (nSPS) is 18.1. The Kier molecular flexibility index (Phi) is 11.7. The molecule has 0 unspecified atom stereocenters. The molecule has 3 aromatic rings. The SMILES string of the molecule is [2H]N(C(=O)[C@]1(NC(=O)[C@@H](NC(=O)OCc2ccccc2)[C@@H](C)CC)CCc2[nH]c3ccccc3c2C1)[C@H](C(=O)N[C@@H](CC(N)=O)C(N)=O)C(C)C. The minimum Gasteiger partial charge on any atom is -0.445 e. The number of aromatic amines is 1. The maximum Gasteiger partial charge on any atom is 0.408 e. The molecule has 5 atom stereocenters. The van der Waals surface area contributed by atoms with Crippen molar-refractivity contribution < 1.29 is 34.9 Å².